The zero-order valence-electron chi connectivity index (χ0n) is 29.6. The smallest absolute Gasteiger partial charge is 0.872 e. The van der Waals surface area contributed by atoms with Crippen LogP contribution in [0, 0.1) is 0 Å². The summed E-state index contributed by atoms with van der Waals surface area (Å²) in [5.41, 5.74) is 4.78. The molecule has 2 aromatic rings. The first-order valence-electron chi connectivity index (χ1n) is 15.3. The summed E-state index contributed by atoms with van der Waals surface area (Å²) in [7, 11) is 0. The van der Waals surface area contributed by atoms with E-state index in [1.54, 1.807) is 26.3 Å². The molecule has 0 heterocycles. The van der Waals surface area contributed by atoms with E-state index in [4.69, 9.17) is 0 Å². The summed E-state index contributed by atoms with van der Waals surface area (Å²) in [5, 5.41) is 35.7. The summed E-state index contributed by atoms with van der Waals surface area (Å²) >= 11 is 0. The van der Waals surface area contributed by atoms with Gasteiger partial charge in [-0.3, -0.25) is 9.98 Å². The fourth-order valence-corrected chi connectivity index (χ4v) is 4.21. The minimum atomic E-state index is -0.417. The molecule has 0 saturated heterocycles. The van der Waals surface area contributed by atoms with Crippen molar-refractivity contribution in [2.24, 2.45) is 9.98 Å². The molecule has 236 valence electrons. The third kappa shape index (κ3) is 13.6. The van der Waals surface area contributed by atoms with Gasteiger partial charge in [-0.1, -0.05) is 133 Å². The van der Waals surface area contributed by atoms with Crippen molar-refractivity contribution in [2.75, 3.05) is 13.1 Å². The Labute approximate surface area is 274 Å². The van der Waals surface area contributed by atoms with Gasteiger partial charge < -0.3 is 15.3 Å². The first kappa shape index (κ1) is 40.9. The first-order chi connectivity index (χ1) is 19.0. The van der Waals surface area contributed by atoms with Crippen LogP contribution in [0.5, 0.6) is 11.5 Å². The van der Waals surface area contributed by atoms with Crippen LogP contribution in [0.4, 0.5) is 0 Å². The molecule has 0 atom stereocenters. The molecule has 0 aromatic heterocycles. The van der Waals surface area contributed by atoms with Crippen molar-refractivity contribution in [3.8, 4) is 11.5 Å². The molecule has 2 aromatic carbocycles. The summed E-state index contributed by atoms with van der Waals surface area (Å²) in [5.74, 6) is 0.138. The van der Waals surface area contributed by atoms with Gasteiger partial charge in [0.25, 0.3) is 0 Å². The average Bonchev–Trinajstić information content (AvgIpc) is 2.79. The van der Waals surface area contributed by atoms with Crippen LogP contribution in [0.1, 0.15) is 143 Å². The van der Waals surface area contributed by atoms with Crippen LogP contribution in [-0.2, 0) is 21.7 Å². The van der Waals surface area contributed by atoms with Crippen LogP contribution in [0.3, 0.4) is 0 Å². The molecule has 0 bridgehead atoms. The normalized spacial score (nSPS) is 12.9. The molecular weight excluding hydrogens is 547 g/mol. The zero-order valence-corrected chi connectivity index (χ0v) is 30.7. The van der Waals surface area contributed by atoms with Crippen LogP contribution in [0.25, 0.3) is 0 Å². The van der Waals surface area contributed by atoms with Crippen molar-refractivity contribution in [3.63, 3.8) is 0 Å². The summed E-state index contributed by atoms with van der Waals surface area (Å²) in [4.78, 5) is 9.14. The Morgan fingerprint density at radius 1 is 0.581 bits per heavy atom. The van der Waals surface area contributed by atoms with Crippen molar-refractivity contribution in [2.45, 2.75) is 138 Å². The molecule has 5 nitrogen and oxygen atoms in total. The number of unbranched alkanes of at least 4 members (excludes halogenated alkanes) is 1. The van der Waals surface area contributed by atoms with Gasteiger partial charge in [0.05, 0.1) is 0 Å². The predicted molar refractivity (Wildman–Crippen MR) is 182 cm³/mol. The van der Waals surface area contributed by atoms with Crippen molar-refractivity contribution in [1.29, 1.82) is 0 Å². The van der Waals surface area contributed by atoms with Crippen molar-refractivity contribution >= 4 is 29.8 Å². The molecule has 0 fully saturated rings. The molecule has 6 heteroatoms. The van der Waals surface area contributed by atoms with Crippen LogP contribution < -0.4 is 15.3 Å². The summed E-state index contributed by atoms with van der Waals surface area (Å²) < 4.78 is 0. The second kappa shape index (κ2) is 16.3. The minimum absolute atomic E-state index is 0. The van der Waals surface area contributed by atoms with Crippen LogP contribution >= 0.6 is 0 Å². The monoisotopic (exact) mass is 604 g/mol. The van der Waals surface area contributed by atoms with Gasteiger partial charge in [-0.15, -0.1) is 6.10 Å². The van der Waals surface area contributed by atoms with Gasteiger partial charge in [0.2, 0.25) is 0 Å². The van der Waals surface area contributed by atoms with E-state index in [2.05, 4.69) is 105 Å². The van der Waals surface area contributed by atoms with Crippen molar-refractivity contribution in [3.05, 3.63) is 57.6 Å². The Hall–Kier alpha value is -2.13. The van der Waals surface area contributed by atoms with Crippen LogP contribution in [-0.4, -0.2) is 49.0 Å². The topological polar surface area (TPSA) is 93.9 Å². The fraction of sp³-hybridized carbons (Fsp3) is 0.622. The van der Waals surface area contributed by atoms with E-state index in [0.717, 1.165) is 35.1 Å². The van der Waals surface area contributed by atoms with Gasteiger partial charge in [0, 0.05) is 25.5 Å². The molecule has 0 aliphatic heterocycles. The molecule has 0 radical (unpaired) electrons. The molecule has 0 saturated carbocycles. The van der Waals surface area contributed by atoms with E-state index >= 15 is 0 Å². The SMILES string of the molecule is CC(C)(C)c1cc(C=NCCCCN=Cc2cc(C(C)(C)C)cc(C(C)(C)C)c2[O-])c([O-])c(C(C)(C)C)c1.CC(C)[O-].[Al+3]. The summed E-state index contributed by atoms with van der Waals surface area (Å²) in [6.45, 7) is 30.0. The molecule has 43 heavy (non-hydrogen) atoms. The zero-order chi connectivity index (χ0) is 32.7. The molecule has 0 aliphatic carbocycles. The first-order valence-corrected chi connectivity index (χ1v) is 15.3. The van der Waals surface area contributed by atoms with Gasteiger partial charge in [0.15, 0.2) is 0 Å². The third-order valence-corrected chi connectivity index (χ3v) is 6.87. The van der Waals surface area contributed by atoms with Crippen molar-refractivity contribution in [1.82, 2.24) is 0 Å². The van der Waals surface area contributed by atoms with Crippen molar-refractivity contribution < 1.29 is 15.3 Å². The fourth-order valence-electron chi connectivity index (χ4n) is 4.21. The Morgan fingerprint density at radius 2 is 0.860 bits per heavy atom. The Morgan fingerprint density at radius 3 is 1.09 bits per heavy atom. The van der Waals surface area contributed by atoms with Crippen LogP contribution in [0.2, 0.25) is 0 Å². The second-order valence-corrected chi connectivity index (χ2v) is 15.7. The molecule has 0 aliphatic rings. The van der Waals surface area contributed by atoms with E-state index in [1.807, 2.05) is 12.1 Å². The largest absolute Gasteiger partial charge is 3.00 e. The number of benzene rings is 2. The second-order valence-electron chi connectivity index (χ2n) is 15.7. The third-order valence-electron chi connectivity index (χ3n) is 6.87. The van der Waals surface area contributed by atoms with E-state index in [0.29, 0.717) is 24.2 Å². The molecule has 0 amide bonds. The van der Waals surface area contributed by atoms with E-state index in [9.17, 15) is 15.3 Å². The maximum absolute atomic E-state index is 13.1. The van der Waals surface area contributed by atoms with E-state index < -0.39 is 6.10 Å². The molecule has 2 rings (SSSR count). The number of aliphatic imine (C=N–C) groups is 2. The average molecular weight is 605 g/mol. The number of rotatable bonds is 7. The van der Waals surface area contributed by atoms with Crippen LogP contribution in [0.15, 0.2) is 34.3 Å². The van der Waals surface area contributed by atoms with Gasteiger partial charge >= 0.3 is 17.4 Å². The summed E-state index contributed by atoms with van der Waals surface area (Å²) in [6.07, 6.45) is 4.80. The Balaban J connectivity index is 0.00000331. The minimum Gasteiger partial charge on any atom is -0.872 e. The van der Waals surface area contributed by atoms with E-state index in [1.165, 1.54) is 0 Å². The summed E-state index contributed by atoms with van der Waals surface area (Å²) in [6, 6.07) is 8.10. The Bertz CT molecular complexity index is 1120. The van der Waals surface area contributed by atoms with E-state index in [-0.39, 0.29) is 50.5 Å². The number of nitrogens with zero attached hydrogens (tertiary/aromatic N) is 2. The molecule has 0 N–H and O–H groups in total. The van der Waals surface area contributed by atoms with Gasteiger partial charge in [-0.2, -0.15) is 0 Å². The molecule has 0 spiro atoms. The van der Waals surface area contributed by atoms with Gasteiger partial charge in [-0.25, -0.2) is 0 Å². The maximum Gasteiger partial charge on any atom is 3.00 e. The standard InChI is InChI=1S/C34H52N2O2.C3H7O.Al/c1-31(2,3)25-17-23(29(37)27(19-25)33(7,8)9)21-35-15-13-14-16-36-22-24-18-26(32(4,5)6)20-28(30(24)38)34(10,11)12;1-3(2)4;/h17-22,37-38H,13-16H2,1-12H3;3H,1-2H3;/q;-1;+3/p-2. The number of hydrogen-bond acceptors (Lipinski definition) is 5. The number of hydrogen-bond donors (Lipinski definition) is 0. The predicted octanol–water partition coefficient (Wildman–Crippen LogP) is 6.72. The molecule has 0 unspecified atom stereocenters. The van der Waals surface area contributed by atoms with Gasteiger partial charge in [-0.05, 0) is 67.9 Å². The quantitative estimate of drug-likeness (QED) is 0.200. The Kier molecular flexibility index (Phi) is 15.5. The molecular formula is C37H57AlN2O3. The maximum atomic E-state index is 13.1. The van der Waals surface area contributed by atoms with Gasteiger partial charge in [0.1, 0.15) is 0 Å².